The van der Waals surface area contributed by atoms with Crippen molar-refractivity contribution in [2.75, 3.05) is 13.1 Å². The van der Waals surface area contributed by atoms with Crippen LogP contribution in [0.2, 0.25) is 0 Å². The molecule has 180 valence electrons. The number of benzene rings is 3. The van der Waals surface area contributed by atoms with Gasteiger partial charge in [0.2, 0.25) is 0 Å². The van der Waals surface area contributed by atoms with Crippen molar-refractivity contribution in [2.24, 2.45) is 0 Å². The summed E-state index contributed by atoms with van der Waals surface area (Å²) in [6, 6.07) is 28.6. The summed E-state index contributed by atoms with van der Waals surface area (Å²) in [7, 11) is 0. The first-order valence-corrected chi connectivity index (χ1v) is 13.3. The Kier molecular flexibility index (Phi) is 5.37. The van der Waals surface area contributed by atoms with E-state index < -0.39 is 0 Å². The highest BCUT2D eigenvalue weighted by atomic mass is 16.3. The average Bonchev–Trinajstić information content (AvgIpc) is 3.27. The zero-order valence-corrected chi connectivity index (χ0v) is 20.5. The van der Waals surface area contributed by atoms with E-state index in [1.54, 1.807) is 0 Å². The first-order valence-electron chi connectivity index (χ1n) is 13.3. The standard InChI is InChI=1S/C32H31N3O/c36-25-16-19-34(20-17-25)21-22-12-14-24(15-13-22)31-29(23-7-2-1-3-8-23)30-26-9-4-5-11-28(26)35-18-6-10-27(33-31)32(30)35/h1-5,7-9,11-15,25,36H,6,10,16-21H2. The lowest BCUT2D eigenvalue weighted by atomic mass is 9.92. The molecule has 1 saturated heterocycles. The van der Waals surface area contributed by atoms with Gasteiger partial charge in [0.15, 0.2) is 0 Å². The molecule has 0 spiro atoms. The van der Waals surface area contributed by atoms with Gasteiger partial charge in [-0.05, 0) is 42.9 Å². The number of fused-ring (bicyclic) bond motifs is 3. The molecular formula is C32H31N3O. The number of aryl methyl sites for hydroxylation is 2. The molecule has 0 radical (unpaired) electrons. The van der Waals surface area contributed by atoms with Gasteiger partial charge in [-0.2, -0.15) is 0 Å². The second-order valence-electron chi connectivity index (χ2n) is 10.3. The number of aliphatic hydroxyl groups is 1. The molecule has 7 rings (SSSR count). The van der Waals surface area contributed by atoms with Crippen molar-refractivity contribution in [1.82, 2.24) is 14.5 Å². The topological polar surface area (TPSA) is 41.3 Å². The largest absolute Gasteiger partial charge is 0.393 e. The lowest BCUT2D eigenvalue weighted by Crippen LogP contribution is -2.35. The van der Waals surface area contributed by atoms with E-state index in [1.165, 1.54) is 49.8 Å². The van der Waals surface area contributed by atoms with E-state index in [-0.39, 0.29) is 6.10 Å². The Hall–Kier alpha value is -3.47. The SMILES string of the molecule is OC1CCN(Cc2ccc(-c3nc4c5c(c3-c3ccccc3)c3ccccc3n5CCC4)cc2)CC1. The molecule has 0 saturated carbocycles. The normalized spacial score (nSPS) is 16.7. The minimum atomic E-state index is -0.131. The van der Waals surface area contributed by atoms with Gasteiger partial charge in [-0.1, -0.05) is 72.8 Å². The van der Waals surface area contributed by atoms with Crippen molar-refractivity contribution in [1.29, 1.82) is 0 Å². The molecule has 2 aliphatic rings. The van der Waals surface area contributed by atoms with Crippen LogP contribution in [0, 0.1) is 0 Å². The van der Waals surface area contributed by atoms with Crippen LogP contribution in [0.3, 0.4) is 0 Å². The van der Waals surface area contributed by atoms with Gasteiger partial charge >= 0.3 is 0 Å². The first kappa shape index (κ1) is 21.8. The molecule has 0 aliphatic carbocycles. The molecule has 3 aromatic carbocycles. The zero-order chi connectivity index (χ0) is 24.1. The summed E-state index contributed by atoms with van der Waals surface area (Å²) in [5.74, 6) is 0. The van der Waals surface area contributed by atoms with Gasteiger partial charge in [0.05, 0.1) is 23.0 Å². The van der Waals surface area contributed by atoms with Crippen molar-refractivity contribution in [2.45, 2.75) is 44.9 Å². The van der Waals surface area contributed by atoms with Gasteiger partial charge in [-0.25, -0.2) is 4.98 Å². The van der Waals surface area contributed by atoms with Crippen LogP contribution in [0.4, 0.5) is 0 Å². The third-order valence-electron chi connectivity index (χ3n) is 8.03. The van der Waals surface area contributed by atoms with Gasteiger partial charge in [0.25, 0.3) is 0 Å². The second-order valence-corrected chi connectivity index (χ2v) is 10.3. The van der Waals surface area contributed by atoms with E-state index in [2.05, 4.69) is 88.3 Å². The summed E-state index contributed by atoms with van der Waals surface area (Å²) in [5, 5.41) is 12.5. The average molecular weight is 474 g/mol. The van der Waals surface area contributed by atoms with E-state index in [0.717, 1.165) is 57.6 Å². The van der Waals surface area contributed by atoms with E-state index >= 15 is 0 Å². The maximum absolute atomic E-state index is 9.83. The van der Waals surface area contributed by atoms with Crippen molar-refractivity contribution < 1.29 is 5.11 Å². The molecule has 1 N–H and O–H groups in total. The number of piperidine rings is 1. The molecule has 0 amide bonds. The molecule has 4 heteroatoms. The summed E-state index contributed by atoms with van der Waals surface area (Å²) in [6.45, 7) is 3.91. The van der Waals surface area contributed by atoms with Crippen LogP contribution in [-0.4, -0.2) is 38.8 Å². The number of nitrogens with zero attached hydrogens (tertiary/aromatic N) is 3. The van der Waals surface area contributed by atoms with E-state index in [1.807, 2.05) is 0 Å². The van der Waals surface area contributed by atoms with Crippen LogP contribution >= 0.6 is 0 Å². The summed E-state index contributed by atoms with van der Waals surface area (Å²) in [5.41, 5.74) is 9.88. The Labute approximate surface area is 211 Å². The maximum atomic E-state index is 9.83. The molecule has 5 aromatic rings. The Morgan fingerprint density at radius 2 is 1.56 bits per heavy atom. The molecule has 2 aromatic heterocycles. The van der Waals surface area contributed by atoms with Crippen LogP contribution in [0.5, 0.6) is 0 Å². The predicted molar refractivity (Wildman–Crippen MR) is 147 cm³/mol. The molecular weight excluding hydrogens is 442 g/mol. The van der Waals surface area contributed by atoms with Crippen LogP contribution in [0.1, 0.15) is 30.5 Å². The summed E-state index contributed by atoms with van der Waals surface area (Å²) < 4.78 is 2.49. The number of rotatable bonds is 4. The van der Waals surface area contributed by atoms with Crippen molar-refractivity contribution in [3.63, 3.8) is 0 Å². The van der Waals surface area contributed by atoms with Gasteiger partial charge in [-0.15, -0.1) is 0 Å². The highest BCUT2D eigenvalue weighted by Crippen LogP contribution is 2.44. The highest BCUT2D eigenvalue weighted by molar-refractivity contribution is 6.18. The van der Waals surface area contributed by atoms with Crippen molar-refractivity contribution >= 4 is 21.8 Å². The van der Waals surface area contributed by atoms with Crippen LogP contribution in [0.25, 0.3) is 44.2 Å². The zero-order valence-electron chi connectivity index (χ0n) is 20.5. The fraction of sp³-hybridized carbons (Fsp3) is 0.281. The Morgan fingerprint density at radius 3 is 2.36 bits per heavy atom. The maximum Gasteiger partial charge on any atom is 0.0791 e. The van der Waals surface area contributed by atoms with Crippen molar-refractivity contribution in [3.05, 3.63) is 90.1 Å². The van der Waals surface area contributed by atoms with Crippen LogP contribution < -0.4 is 0 Å². The molecule has 1 fully saturated rings. The fourth-order valence-electron chi connectivity index (χ4n) is 6.23. The molecule has 0 bridgehead atoms. The molecule has 4 heterocycles. The monoisotopic (exact) mass is 473 g/mol. The first-order chi connectivity index (χ1) is 17.8. The molecule has 2 aliphatic heterocycles. The van der Waals surface area contributed by atoms with Gasteiger partial charge in [-0.3, -0.25) is 4.90 Å². The Morgan fingerprint density at radius 1 is 0.806 bits per heavy atom. The minimum absolute atomic E-state index is 0.131. The lowest BCUT2D eigenvalue weighted by molar-refractivity contribution is 0.0792. The molecule has 4 nitrogen and oxygen atoms in total. The predicted octanol–water partition coefficient (Wildman–Crippen LogP) is 6.43. The number of hydrogen-bond donors (Lipinski definition) is 1. The summed E-state index contributed by atoms with van der Waals surface area (Å²) in [4.78, 5) is 7.81. The van der Waals surface area contributed by atoms with E-state index in [0.29, 0.717) is 0 Å². The van der Waals surface area contributed by atoms with Crippen molar-refractivity contribution in [3.8, 4) is 22.4 Å². The lowest BCUT2D eigenvalue weighted by Gasteiger charge is -2.29. The number of aliphatic hydroxyl groups excluding tert-OH is 1. The number of para-hydroxylation sites is 1. The Balaban J connectivity index is 1.39. The van der Waals surface area contributed by atoms with Crippen LogP contribution in [0.15, 0.2) is 78.9 Å². The smallest absolute Gasteiger partial charge is 0.0791 e. The van der Waals surface area contributed by atoms with Gasteiger partial charge in [0, 0.05) is 53.6 Å². The number of pyridine rings is 1. The quantitative estimate of drug-likeness (QED) is 0.327. The number of hydrogen-bond acceptors (Lipinski definition) is 3. The van der Waals surface area contributed by atoms with E-state index in [4.69, 9.17) is 4.98 Å². The second kappa shape index (κ2) is 8.88. The Bertz CT molecular complexity index is 1540. The number of likely N-dealkylation sites (tertiary alicyclic amines) is 1. The van der Waals surface area contributed by atoms with Crippen LogP contribution in [-0.2, 0) is 19.5 Å². The van der Waals surface area contributed by atoms with Gasteiger partial charge < -0.3 is 9.67 Å². The molecule has 0 atom stereocenters. The third kappa shape index (κ3) is 3.64. The fourth-order valence-corrected chi connectivity index (χ4v) is 6.23. The summed E-state index contributed by atoms with van der Waals surface area (Å²) >= 11 is 0. The molecule has 36 heavy (non-hydrogen) atoms. The van der Waals surface area contributed by atoms with E-state index in [9.17, 15) is 5.11 Å². The highest BCUT2D eigenvalue weighted by Gasteiger charge is 2.25. The minimum Gasteiger partial charge on any atom is -0.393 e. The molecule has 0 unspecified atom stereocenters. The summed E-state index contributed by atoms with van der Waals surface area (Å²) in [6.07, 6.45) is 3.76. The number of aromatic nitrogens is 2. The third-order valence-corrected chi connectivity index (χ3v) is 8.03. The van der Waals surface area contributed by atoms with Gasteiger partial charge in [0.1, 0.15) is 0 Å².